The van der Waals surface area contributed by atoms with Crippen LogP contribution in [0.2, 0.25) is 0 Å². The minimum absolute atomic E-state index is 0.0172. The Bertz CT molecular complexity index is 726. The molecule has 6 nitrogen and oxygen atoms in total. The van der Waals surface area contributed by atoms with Crippen LogP contribution in [0.3, 0.4) is 0 Å². The summed E-state index contributed by atoms with van der Waals surface area (Å²) in [5.41, 5.74) is 0.933. The van der Waals surface area contributed by atoms with Crippen LogP contribution in [0.15, 0.2) is 36.5 Å². The van der Waals surface area contributed by atoms with Gasteiger partial charge in [-0.25, -0.2) is 4.98 Å². The van der Waals surface area contributed by atoms with Crippen molar-refractivity contribution in [2.45, 2.75) is 25.4 Å². The summed E-state index contributed by atoms with van der Waals surface area (Å²) in [6, 6.07) is 9.40. The number of nitrogens with one attached hydrogen (secondary N) is 1. The molecule has 0 aliphatic carbocycles. The Labute approximate surface area is 149 Å². The predicted molar refractivity (Wildman–Crippen MR) is 93.6 cm³/mol. The summed E-state index contributed by atoms with van der Waals surface area (Å²) in [5, 5.41) is 12.9. The average molecular weight is 360 g/mol. The highest BCUT2D eigenvalue weighted by Gasteiger charge is 2.23. The van der Waals surface area contributed by atoms with Crippen molar-refractivity contribution >= 4 is 23.2 Å². The molecule has 1 fully saturated rings. The van der Waals surface area contributed by atoms with Crippen LogP contribution in [0.25, 0.3) is 0 Å². The predicted octanol–water partition coefficient (Wildman–Crippen LogP) is 2.67. The Morgan fingerprint density at radius 2 is 2.16 bits per heavy atom. The number of nitrogens with zero attached hydrogens (tertiary/aromatic N) is 1. The largest absolute Gasteiger partial charge is 0.481 e. The molecule has 7 heteroatoms. The number of hydrogen-bond acceptors (Lipinski definition) is 5. The van der Waals surface area contributed by atoms with Crippen LogP contribution in [0, 0.1) is 5.92 Å². The Hall–Kier alpha value is -2.25. The lowest BCUT2D eigenvalue weighted by Crippen LogP contribution is -2.33. The van der Waals surface area contributed by atoms with Gasteiger partial charge in [-0.05, 0) is 24.8 Å². The van der Waals surface area contributed by atoms with Crippen LogP contribution in [0.1, 0.15) is 39.2 Å². The molecule has 1 aromatic carbocycles. The maximum Gasteiger partial charge on any atom is 0.308 e. The third kappa shape index (κ3) is 4.64. The average Bonchev–Trinajstić information content (AvgIpc) is 3.29. The van der Waals surface area contributed by atoms with E-state index in [1.165, 1.54) is 17.5 Å². The van der Waals surface area contributed by atoms with Gasteiger partial charge in [-0.1, -0.05) is 30.3 Å². The summed E-state index contributed by atoms with van der Waals surface area (Å²) in [4.78, 5) is 28.5. The molecule has 0 saturated carbocycles. The van der Waals surface area contributed by atoms with Crippen molar-refractivity contribution in [1.82, 2.24) is 10.3 Å². The summed E-state index contributed by atoms with van der Waals surface area (Å²) in [6.07, 6.45) is 3.82. The summed E-state index contributed by atoms with van der Waals surface area (Å²) in [6.45, 7) is 0.807. The van der Waals surface area contributed by atoms with E-state index in [0.29, 0.717) is 11.3 Å². The molecule has 0 radical (unpaired) electrons. The normalized spacial score (nSPS) is 18.0. The van der Waals surface area contributed by atoms with Crippen LogP contribution in [0.4, 0.5) is 0 Å². The lowest BCUT2D eigenvalue weighted by atomic mass is 9.99. The van der Waals surface area contributed by atoms with Crippen LogP contribution in [-0.4, -0.2) is 35.1 Å². The van der Waals surface area contributed by atoms with Gasteiger partial charge in [0.05, 0.1) is 12.1 Å². The zero-order valence-electron chi connectivity index (χ0n) is 13.7. The van der Waals surface area contributed by atoms with Gasteiger partial charge in [0, 0.05) is 13.2 Å². The van der Waals surface area contributed by atoms with E-state index >= 15 is 0 Å². The monoisotopic (exact) mass is 360 g/mol. The smallest absolute Gasteiger partial charge is 0.308 e. The van der Waals surface area contributed by atoms with Gasteiger partial charge in [0.1, 0.15) is 16.0 Å². The highest BCUT2D eigenvalue weighted by atomic mass is 32.1. The zero-order chi connectivity index (χ0) is 17.6. The zero-order valence-corrected chi connectivity index (χ0v) is 14.5. The van der Waals surface area contributed by atoms with Crippen molar-refractivity contribution in [1.29, 1.82) is 0 Å². The van der Waals surface area contributed by atoms with E-state index in [4.69, 9.17) is 4.74 Å². The molecule has 2 atom stereocenters. The van der Waals surface area contributed by atoms with E-state index < -0.39 is 11.9 Å². The molecule has 2 unspecified atom stereocenters. The molecule has 25 heavy (non-hydrogen) atoms. The van der Waals surface area contributed by atoms with Crippen LogP contribution < -0.4 is 5.32 Å². The van der Waals surface area contributed by atoms with E-state index in [9.17, 15) is 14.7 Å². The van der Waals surface area contributed by atoms with E-state index in [-0.39, 0.29) is 18.6 Å². The second-order valence-corrected chi connectivity index (χ2v) is 7.06. The summed E-state index contributed by atoms with van der Waals surface area (Å²) in [7, 11) is 0. The SMILES string of the molecule is O=C(NCC(Cc1ccccc1)C(=O)O)c1cnc(C2CCCO2)s1. The van der Waals surface area contributed by atoms with Gasteiger partial charge in [0.25, 0.3) is 5.91 Å². The van der Waals surface area contributed by atoms with E-state index in [1.54, 1.807) is 0 Å². The van der Waals surface area contributed by atoms with Gasteiger partial charge < -0.3 is 15.2 Å². The van der Waals surface area contributed by atoms with Gasteiger partial charge in [0.2, 0.25) is 0 Å². The van der Waals surface area contributed by atoms with Crippen molar-refractivity contribution in [3.8, 4) is 0 Å². The maximum absolute atomic E-state index is 12.3. The molecule has 132 valence electrons. The molecule has 1 aliphatic heterocycles. The Morgan fingerprint density at radius 3 is 2.84 bits per heavy atom. The minimum atomic E-state index is -0.923. The molecule has 1 aromatic heterocycles. The van der Waals surface area contributed by atoms with Gasteiger partial charge in [0.15, 0.2) is 0 Å². The molecule has 2 heterocycles. The molecule has 3 rings (SSSR count). The first-order valence-corrected chi connectivity index (χ1v) is 9.07. The molecular weight excluding hydrogens is 340 g/mol. The number of rotatable bonds is 7. The highest BCUT2D eigenvalue weighted by molar-refractivity contribution is 7.13. The molecule has 1 saturated heterocycles. The van der Waals surface area contributed by atoms with E-state index in [1.807, 2.05) is 30.3 Å². The van der Waals surface area contributed by atoms with Crippen molar-refractivity contribution < 1.29 is 19.4 Å². The van der Waals surface area contributed by atoms with Crippen molar-refractivity contribution in [3.05, 3.63) is 52.0 Å². The lowest BCUT2D eigenvalue weighted by molar-refractivity contribution is -0.141. The molecule has 2 N–H and O–H groups in total. The van der Waals surface area contributed by atoms with Gasteiger partial charge >= 0.3 is 5.97 Å². The molecule has 0 bridgehead atoms. The number of hydrogen-bond donors (Lipinski definition) is 2. The fourth-order valence-electron chi connectivity index (χ4n) is 2.76. The Balaban J connectivity index is 1.57. The number of carbonyl (C=O) groups is 2. The lowest BCUT2D eigenvalue weighted by Gasteiger charge is -2.13. The number of aliphatic carboxylic acids is 1. The molecule has 2 aromatic rings. The first kappa shape index (κ1) is 17.6. The summed E-state index contributed by atoms with van der Waals surface area (Å²) < 4.78 is 5.57. The van der Waals surface area contributed by atoms with Crippen molar-refractivity contribution in [2.75, 3.05) is 13.2 Å². The standard InChI is InChI=1S/C18H20N2O4S/c21-16(15-11-20-17(25-15)14-7-4-8-24-14)19-10-13(18(22)23)9-12-5-2-1-3-6-12/h1-3,5-6,11,13-14H,4,7-10H2,(H,19,21)(H,22,23). The fraction of sp³-hybridized carbons (Fsp3) is 0.389. The molecule has 1 aliphatic rings. The number of carboxylic acids is 1. The number of aromatic nitrogens is 1. The van der Waals surface area contributed by atoms with Gasteiger partial charge in [-0.15, -0.1) is 11.3 Å². The first-order chi connectivity index (χ1) is 12.1. The fourth-order valence-corrected chi connectivity index (χ4v) is 3.68. The topological polar surface area (TPSA) is 88.5 Å². The summed E-state index contributed by atoms with van der Waals surface area (Å²) >= 11 is 1.31. The number of carbonyl (C=O) groups excluding carboxylic acids is 1. The van der Waals surface area contributed by atoms with E-state index in [2.05, 4.69) is 10.3 Å². The van der Waals surface area contributed by atoms with Gasteiger partial charge in [-0.2, -0.15) is 0 Å². The number of benzene rings is 1. The summed E-state index contributed by atoms with van der Waals surface area (Å²) in [5.74, 6) is -1.88. The third-order valence-electron chi connectivity index (χ3n) is 4.14. The Kier molecular flexibility index (Phi) is 5.78. The minimum Gasteiger partial charge on any atom is -0.481 e. The van der Waals surface area contributed by atoms with Crippen molar-refractivity contribution in [3.63, 3.8) is 0 Å². The quantitative estimate of drug-likeness (QED) is 0.792. The second kappa shape index (κ2) is 8.22. The van der Waals surface area contributed by atoms with Crippen molar-refractivity contribution in [2.24, 2.45) is 5.92 Å². The first-order valence-electron chi connectivity index (χ1n) is 8.25. The molecule has 1 amide bonds. The number of amides is 1. The number of thiazole rings is 1. The number of carboxylic acid groups (broad SMARTS) is 1. The van der Waals surface area contributed by atoms with E-state index in [0.717, 1.165) is 30.0 Å². The van der Waals surface area contributed by atoms with Gasteiger partial charge in [-0.3, -0.25) is 9.59 Å². The highest BCUT2D eigenvalue weighted by Crippen LogP contribution is 2.31. The molecular formula is C18H20N2O4S. The van der Waals surface area contributed by atoms with Crippen LogP contribution in [-0.2, 0) is 16.0 Å². The second-order valence-electron chi connectivity index (χ2n) is 6.00. The molecule has 0 spiro atoms. The maximum atomic E-state index is 12.3. The Morgan fingerprint density at radius 1 is 1.36 bits per heavy atom. The van der Waals surface area contributed by atoms with Crippen LogP contribution >= 0.6 is 11.3 Å². The third-order valence-corrected chi connectivity index (χ3v) is 5.22. The van der Waals surface area contributed by atoms with Crippen LogP contribution in [0.5, 0.6) is 0 Å². The number of ether oxygens (including phenoxy) is 1.